The smallest absolute Gasteiger partial charge is 0.238 e. The molecular formula is C20H22N2O2. The average Bonchev–Trinajstić information content (AvgIpc) is 3.30. The van der Waals surface area contributed by atoms with Gasteiger partial charge in [0.25, 0.3) is 0 Å². The summed E-state index contributed by atoms with van der Waals surface area (Å²) in [6.07, 6.45) is 9.05. The van der Waals surface area contributed by atoms with Gasteiger partial charge in [0.1, 0.15) is 0 Å². The Morgan fingerprint density at radius 2 is 1.29 bits per heavy atom. The van der Waals surface area contributed by atoms with Crippen molar-refractivity contribution in [2.45, 2.75) is 25.7 Å². The van der Waals surface area contributed by atoms with Gasteiger partial charge in [-0.1, -0.05) is 12.2 Å². The van der Waals surface area contributed by atoms with Crippen LogP contribution in [0.25, 0.3) is 0 Å². The Bertz CT molecular complexity index is 688. The number of rotatable bonds is 2. The lowest BCUT2D eigenvalue weighted by Gasteiger charge is -2.29. The van der Waals surface area contributed by atoms with E-state index in [2.05, 4.69) is 29.2 Å². The summed E-state index contributed by atoms with van der Waals surface area (Å²) in [5.74, 6) is 0.326. The van der Waals surface area contributed by atoms with Crippen LogP contribution in [-0.4, -0.2) is 24.9 Å². The molecule has 1 aromatic carbocycles. The number of carbonyl (C=O) groups excluding carboxylic acids is 2. The van der Waals surface area contributed by atoms with Crippen molar-refractivity contribution in [2.75, 3.05) is 22.9 Å². The highest BCUT2D eigenvalue weighted by atomic mass is 16.2. The lowest BCUT2D eigenvalue weighted by molar-refractivity contribution is -0.123. The number of allylic oxidation sites excluding steroid dienone is 2. The Kier molecular flexibility index (Phi) is 3.09. The minimum atomic E-state index is -0.116. The molecule has 2 bridgehead atoms. The van der Waals surface area contributed by atoms with Crippen LogP contribution in [-0.2, 0) is 9.59 Å². The lowest BCUT2D eigenvalue weighted by Crippen LogP contribution is -2.33. The first-order valence-corrected chi connectivity index (χ1v) is 9.15. The van der Waals surface area contributed by atoms with Crippen LogP contribution in [0.3, 0.4) is 0 Å². The molecule has 4 nitrogen and oxygen atoms in total. The fourth-order valence-electron chi connectivity index (χ4n) is 5.12. The highest BCUT2D eigenvalue weighted by molar-refractivity contribution is 6.22. The molecule has 0 spiro atoms. The number of hydrogen-bond acceptors (Lipinski definition) is 3. The zero-order chi connectivity index (χ0) is 16.3. The maximum Gasteiger partial charge on any atom is 0.238 e. The summed E-state index contributed by atoms with van der Waals surface area (Å²) in [6.45, 7) is 2.19. The van der Waals surface area contributed by atoms with Gasteiger partial charge in [-0.05, 0) is 61.8 Å². The van der Waals surface area contributed by atoms with E-state index in [0.29, 0.717) is 0 Å². The largest absolute Gasteiger partial charge is 0.372 e. The number of carbonyl (C=O) groups is 2. The van der Waals surface area contributed by atoms with E-state index in [1.165, 1.54) is 29.8 Å². The van der Waals surface area contributed by atoms with E-state index in [1.807, 2.05) is 12.1 Å². The molecule has 124 valence electrons. The number of amides is 2. The van der Waals surface area contributed by atoms with Crippen molar-refractivity contribution in [3.8, 4) is 0 Å². The number of piperidine rings is 1. The zero-order valence-corrected chi connectivity index (χ0v) is 13.7. The molecule has 0 N–H and O–H groups in total. The molecule has 2 aliphatic heterocycles. The summed E-state index contributed by atoms with van der Waals surface area (Å²) in [5, 5.41) is 0. The molecule has 4 aliphatic rings. The summed E-state index contributed by atoms with van der Waals surface area (Å²) in [5.41, 5.74) is 1.93. The predicted octanol–water partition coefficient (Wildman–Crippen LogP) is 2.99. The van der Waals surface area contributed by atoms with Crippen LogP contribution in [0.2, 0.25) is 0 Å². The molecule has 4 heteroatoms. The van der Waals surface area contributed by atoms with E-state index < -0.39 is 0 Å². The van der Waals surface area contributed by atoms with Gasteiger partial charge < -0.3 is 4.90 Å². The zero-order valence-electron chi connectivity index (χ0n) is 13.7. The first kappa shape index (κ1) is 14.3. The van der Waals surface area contributed by atoms with E-state index in [4.69, 9.17) is 0 Å². The first-order chi connectivity index (χ1) is 11.7. The predicted molar refractivity (Wildman–Crippen MR) is 92.7 cm³/mol. The normalized spacial score (nSPS) is 34.3. The van der Waals surface area contributed by atoms with Crippen molar-refractivity contribution in [3.05, 3.63) is 36.4 Å². The van der Waals surface area contributed by atoms with Crippen LogP contribution in [0.1, 0.15) is 25.7 Å². The van der Waals surface area contributed by atoms with Crippen LogP contribution in [0.15, 0.2) is 36.4 Å². The highest BCUT2D eigenvalue weighted by Gasteiger charge is 2.59. The maximum atomic E-state index is 12.8. The summed E-state index contributed by atoms with van der Waals surface area (Å²) < 4.78 is 0. The number of anilines is 2. The van der Waals surface area contributed by atoms with E-state index in [9.17, 15) is 9.59 Å². The minimum absolute atomic E-state index is 0.00701. The molecule has 2 saturated heterocycles. The molecule has 1 saturated carbocycles. The van der Waals surface area contributed by atoms with Gasteiger partial charge in [0.2, 0.25) is 11.8 Å². The third-order valence-corrected chi connectivity index (χ3v) is 6.30. The van der Waals surface area contributed by atoms with E-state index >= 15 is 0 Å². The number of imide groups is 1. The second-order valence-corrected chi connectivity index (χ2v) is 7.58. The summed E-state index contributed by atoms with van der Waals surface area (Å²) in [4.78, 5) is 29.5. The van der Waals surface area contributed by atoms with Crippen molar-refractivity contribution in [3.63, 3.8) is 0 Å². The van der Waals surface area contributed by atoms with Gasteiger partial charge in [0.05, 0.1) is 17.5 Å². The Balaban J connectivity index is 1.41. The molecule has 2 heterocycles. The van der Waals surface area contributed by atoms with Gasteiger partial charge in [-0.2, -0.15) is 0 Å². The van der Waals surface area contributed by atoms with Gasteiger partial charge in [0.15, 0.2) is 0 Å². The Morgan fingerprint density at radius 1 is 0.750 bits per heavy atom. The monoisotopic (exact) mass is 322 g/mol. The number of hydrogen-bond donors (Lipinski definition) is 0. The lowest BCUT2D eigenvalue weighted by atomic mass is 9.85. The number of nitrogens with zero attached hydrogens (tertiary/aromatic N) is 2. The molecule has 1 aromatic rings. The van der Waals surface area contributed by atoms with Gasteiger partial charge in [-0.15, -0.1) is 0 Å². The van der Waals surface area contributed by atoms with Crippen molar-refractivity contribution in [1.82, 2.24) is 0 Å². The fourth-order valence-corrected chi connectivity index (χ4v) is 5.12. The van der Waals surface area contributed by atoms with Crippen LogP contribution in [0, 0.1) is 23.7 Å². The SMILES string of the molecule is O=C1C2C3C=CC(C3)C2C(=O)N1c1ccc(N2CCCCC2)cc1. The molecule has 0 radical (unpaired) electrons. The summed E-state index contributed by atoms with van der Waals surface area (Å²) >= 11 is 0. The molecule has 2 amide bonds. The molecule has 4 unspecified atom stereocenters. The van der Waals surface area contributed by atoms with Crippen molar-refractivity contribution in [2.24, 2.45) is 23.7 Å². The van der Waals surface area contributed by atoms with Crippen LogP contribution >= 0.6 is 0 Å². The molecule has 5 rings (SSSR count). The van der Waals surface area contributed by atoms with E-state index in [1.54, 1.807) is 0 Å². The second kappa shape index (κ2) is 5.20. The Morgan fingerprint density at radius 3 is 1.88 bits per heavy atom. The molecule has 4 atom stereocenters. The first-order valence-electron chi connectivity index (χ1n) is 9.15. The topological polar surface area (TPSA) is 40.6 Å². The molecule has 2 aliphatic carbocycles. The van der Waals surface area contributed by atoms with Gasteiger partial charge in [0, 0.05) is 18.8 Å². The number of benzene rings is 1. The summed E-state index contributed by atoms with van der Waals surface area (Å²) in [6, 6.07) is 8.00. The summed E-state index contributed by atoms with van der Waals surface area (Å²) in [7, 11) is 0. The number of fused-ring (bicyclic) bond motifs is 5. The van der Waals surface area contributed by atoms with Crippen LogP contribution in [0.5, 0.6) is 0 Å². The van der Waals surface area contributed by atoms with Crippen molar-refractivity contribution >= 4 is 23.2 Å². The van der Waals surface area contributed by atoms with Gasteiger partial charge in [-0.25, -0.2) is 0 Å². The van der Waals surface area contributed by atoms with Gasteiger partial charge in [-0.3, -0.25) is 14.5 Å². The molecule has 0 aromatic heterocycles. The third kappa shape index (κ3) is 1.92. The maximum absolute atomic E-state index is 12.8. The molecule has 24 heavy (non-hydrogen) atoms. The highest BCUT2D eigenvalue weighted by Crippen LogP contribution is 2.53. The van der Waals surface area contributed by atoms with Gasteiger partial charge >= 0.3 is 0 Å². The van der Waals surface area contributed by atoms with E-state index in [-0.39, 0.29) is 35.5 Å². The fraction of sp³-hybridized carbons (Fsp3) is 0.500. The molecular weight excluding hydrogens is 300 g/mol. The second-order valence-electron chi connectivity index (χ2n) is 7.58. The van der Waals surface area contributed by atoms with Crippen molar-refractivity contribution < 1.29 is 9.59 Å². The standard InChI is InChI=1S/C20H22N2O2/c23-19-17-13-4-5-14(12-13)18(17)20(24)22(19)16-8-6-15(7-9-16)21-10-2-1-3-11-21/h4-9,13-14,17-18H,1-3,10-12H2. The van der Waals surface area contributed by atoms with Crippen LogP contribution in [0.4, 0.5) is 11.4 Å². The Hall–Kier alpha value is -2.10. The van der Waals surface area contributed by atoms with Crippen LogP contribution < -0.4 is 9.80 Å². The minimum Gasteiger partial charge on any atom is -0.372 e. The quantitative estimate of drug-likeness (QED) is 0.621. The van der Waals surface area contributed by atoms with E-state index in [0.717, 1.165) is 25.2 Å². The average molecular weight is 322 g/mol. The molecule has 3 fully saturated rings. The van der Waals surface area contributed by atoms with Crippen molar-refractivity contribution in [1.29, 1.82) is 0 Å². The Labute approximate surface area is 142 Å². The third-order valence-electron chi connectivity index (χ3n) is 6.30.